The van der Waals surface area contributed by atoms with E-state index >= 15 is 0 Å². The summed E-state index contributed by atoms with van der Waals surface area (Å²) in [5.41, 5.74) is 7.49. The number of nitrogens with two attached hydrogens (primary N) is 1. The Morgan fingerprint density at radius 1 is 1.14 bits per heavy atom. The Balaban J connectivity index is 1.39. The van der Waals surface area contributed by atoms with Crippen LogP contribution in [0.1, 0.15) is 16.9 Å². The highest BCUT2D eigenvalue weighted by atomic mass is 19.1. The number of alkyl halides is 2. The van der Waals surface area contributed by atoms with Gasteiger partial charge < -0.3 is 21.3 Å². The van der Waals surface area contributed by atoms with Crippen LogP contribution in [-0.2, 0) is 16.1 Å². The van der Waals surface area contributed by atoms with Gasteiger partial charge in [-0.2, -0.15) is 15.3 Å². The molecule has 13 heteroatoms. The standard InChI is InChI=1S/C23H24F2N8O3/c24-14-6-19(23(36)30-17-9-27-8-16(17)25)32(10-14)20(34)11-33-18-2-1-12(13-3-4-28-29-7-13)5-15(18)21(31-33)22(26)35/h1-5,7,14,16-17,19,27H,6,8-11H2,(H2,26,35)(H,30,36). The number of amides is 3. The first kappa shape index (κ1) is 23.7. The molecule has 3 amide bonds. The van der Waals surface area contributed by atoms with E-state index in [9.17, 15) is 23.2 Å². The Morgan fingerprint density at radius 2 is 1.97 bits per heavy atom. The van der Waals surface area contributed by atoms with E-state index in [4.69, 9.17) is 5.73 Å². The molecule has 36 heavy (non-hydrogen) atoms. The molecule has 0 saturated carbocycles. The van der Waals surface area contributed by atoms with Crippen molar-refractivity contribution in [3.63, 3.8) is 0 Å². The minimum atomic E-state index is -1.39. The summed E-state index contributed by atoms with van der Waals surface area (Å²) < 4.78 is 29.5. The van der Waals surface area contributed by atoms with Crippen LogP contribution in [0.2, 0.25) is 0 Å². The summed E-state index contributed by atoms with van der Waals surface area (Å²) in [5.74, 6) is -1.93. The fraction of sp³-hybridized carbons (Fsp3) is 0.391. The van der Waals surface area contributed by atoms with Crippen LogP contribution < -0.4 is 16.4 Å². The Bertz CT molecular complexity index is 1320. The van der Waals surface area contributed by atoms with Crippen LogP contribution in [0.25, 0.3) is 22.0 Å². The quantitative estimate of drug-likeness (QED) is 0.432. The van der Waals surface area contributed by atoms with Gasteiger partial charge in [-0.05, 0) is 23.8 Å². The van der Waals surface area contributed by atoms with Crippen molar-refractivity contribution < 1.29 is 23.2 Å². The van der Waals surface area contributed by atoms with Crippen molar-refractivity contribution in [2.45, 2.75) is 37.4 Å². The van der Waals surface area contributed by atoms with Crippen molar-refractivity contribution in [3.8, 4) is 11.1 Å². The van der Waals surface area contributed by atoms with Gasteiger partial charge in [-0.3, -0.25) is 19.1 Å². The number of primary amides is 1. The first-order valence-corrected chi connectivity index (χ1v) is 11.5. The Kier molecular flexibility index (Phi) is 6.31. The molecule has 2 saturated heterocycles. The van der Waals surface area contributed by atoms with Gasteiger partial charge in [0.25, 0.3) is 5.91 Å². The van der Waals surface area contributed by atoms with Crippen LogP contribution in [0.4, 0.5) is 8.78 Å². The third-order valence-corrected chi connectivity index (χ3v) is 6.53. The van der Waals surface area contributed by atoms with Crippen LogP contribution >= 0.6 is 0 Å². The second-order valence-electron chi connectivity index (χ2n) is 8.92. The second-order valence-corrected chi connectivity index (χ2v) is 8.92. The molecule has 188 valence electrons. The number of carbonyl (C=O) groups is 3. The molecule has 2 fully saturated rings. The van der Waals surface area contributed by atoms with E-state index in [0.29, 0.717) is 10.9 Å². The van der Waals surface area contributed by atoms with Gasteiger partial charge in [-0.1, -0.05) is 6.07 Å². The molecule has 0 radical (unpaired) electrons. The molecule has 2 aromatic heterocycles. The predicted molar refractivity (Wildman–Crippen MR) is 124 cm³/mol. The summed E-state index contributed by atoms with van der Waals surface area (Å²) in [6.45, 7) is -0.218. The number of hydrogen-bond donors (Lipinski definition) is 3. The number of benzene rings is 1. The highest BCUT2D eigenvalue weighted by Gasteiger charge is 2.41. The van der Waals surface area contributed by atoms with Gasteiger partial charge in [0.1, 0.15) is 24.9 Å². The summed E-state index contributed by atoms with van der Waals surface area (Å²) in [7, 11) is 0. The first-order chi connectivity index (χ1) is 17.3. The van der Waals surface area contributed by atoms with Gasteiger partial charge in [0.2, 0.25) is 11.8 Å². The molecule has 1 aromatic carbocycles. The monoisotopic (exact) mass is 498 g/mol. The van der Waals surface area contributed by atoms with Gasteiger partial charge in [-0.15, -0.1) is 0 Å². The lowest BCUT2D eigenvalue weighted by molar-refractivity contribution is -0.139. The van der Waals surface area contributed by atoms with Crippen molar-refractivity contribution in [2.24, 2.45) is 5.73 Å². The van der Waals surface area contributed by atoms with E-state index < -0.39 is 42.1 Å². The summed E-state index contributed by atoms with van der Waals surface area (Å²) in [6.07, 6.45) is 0.284. The molecule has 3 aromatic rings. The van der Waals surface area contributed by atoms with E-state index in [0.717, 1.165) is 16.0 Å². The van der Waals surface area contributed by atoms with Crippen molar-refractivity contribution >= 4 is 28.6 Å². The third kappa shape index (κ3) is 4.49. The molecule has 0 bridgehead atoms. The molecular weight excluding hydrogens is 474 g/mol. The highest BCUT2D eigenvalue weighted by Crippen LogP contribution is 2.27. The predicted octanol–water partition coefficient (Wildman–Crippen LogP) is -0.0427. The van der Waals surface area contributed by atoms with Crippen molar-refractivity contribution in [2.75, 3.05) is 19.6 Å². The maximum atomic E-state index is 14.3. The smallest absolute Gasteiger partial charge is 0.269 e. The summed E-state index contributed by atoms with van der Waals surface area (Å²) in [6, 6.07) is 5.14. The second kappa shape index (κ2) is 9.57. The summed E-state index contributed by atoms with van der Waals surface area (Å²) >= 11 is 0. The van der Waals surface area contributed by atoms with Crippen LogP contribution in [0.15, 0.2) is 36.7 Å². The molecule has 11 nitrogen and oxygen atoms in total. The van der Waals surface area contributed by atoms with Crippen molar-refractivity contribution in [1.82, 2.24) is 35.5 Å². The Hall–Kier alpha value is -4.00. The van der Waals surface area contributed by atoms with Gasteiger partial charge in [-0.25, -0.2) is 8.78 Å². The molecule has 2 aliphatic heterocycles. The molecule has 2 aliphatic rings. The Morgan fingerprint density at radius 3 is 2.67 bits per heavy atom. The average molecular weight is 498 g/mol. The van der Waals surface area contributed by atoms with Crippen LogP contribution in [0.3, 0.4) is 0 Å². The minimum Gasteiger partial charge on any atom is -0.364 e. The Labute approximate surface area is 204 Å². The molecule has 4 heterocycles. The topological polar surface area (TPSA) is 148 Å². The van der Waals surface area contributed by atoms with E-state index in [-0.39, 0.29) is 38.3 Å². The number of aromatic nitrogens is 4. The largest absolute Gasteiger partial charge is 0.364 e. The SMILES string of the molecule is NC(=O)c1nn(CC(=O)N2CC(F)CC2C(=O)NC2CNCC2F)c2ccc(-c3ccnnc3)cc12. The maximum Gasteiger partial charge on any atom is 0.269 e. The van der Waals surface area contributed by atoms with Gasteiger partial charge in [0, 0.05) is 30.5 Å². The number of rotatable bonds is 6. The third-order valence-electron chi connectivity index (χ3n) is 6.53. The highest BCUT2D eigenvalue weighted by molar-refractivity contribution is 6.05. The molecule has 4 atom stereocenters. The number of nitrogens with one attached hydrogen (secondary N) is 2. The normalized spacial score (nSPS) is 23.8. The van der Waals surface area contributed by atoms with E-state index in [1.165, 1.54) is 10.9 Å². The lowest BCUT2D eigenvalue weighted by Crippen LogP contribution is -2.51. The fourth-order valence-corrected chi connectivity index (χ4v) is 4.72. The van der Waals surface area contributed by atoms with Crippen molar-refractivity contribution in [3.05, 3.63) is 42.4 Å². The molecule has 4 N–H and O–H groups in total. The van der Waals surface area contributed by atoms with Crippen LogP contribution in [-0.4, -0.2) is 86.7 Å². The molecule has 4 unspecified atom stereocenters. The fourth-order valence-electron chi connectivity index (χ4n) is 4.72. The average Bonchev–Trinajstić information content (AvgIpc) is 3.56. The number of halogens is 2. The molecular formula is C23H24F2N8O3. The van der Waals surface area contributed by atoms with Crippen LogP contribution in [0, 0.1) is 0 Å². The van der Waals surface area contributed by atoms with E-state index in [2.05, 4.69) is 25.9 Å². The number of hydrogen-bond acceptors (Lipinski definition) is 7. The lowest BCUT2D eigenvalue weighted by atomic mass is 10.0. The maximum absolute atomic E-state index is 14.3. The zero-order valence-corrected chi connectivity index (χ0v) is 19.1. The number of carbonyl (C=O) groups excluding carboxylic acids is 3. The number of fused-ring (bicyclic) bond motifs is 1. The zero-order chi connectivity index (χ0) is 25.4. The first-order valence-electron chi connectivity index (χ1n) is 11.5. The van der Waals surface area contributed by atoms with Gasteiger partial charge in [0.15, 0.2) is 5.69 Å². The zero-order valence-electron chi connectivity index (χ0n) is 19.1. The summed E-state index contributed by atoms with van der Waals surface area (Å²) in [5, 5.41) is 17.7. The number of likely N-dealkylation sites (tertiary alicyclic amines) is 1. The van der Waals surface area contributed by atoms with Crippen LogP contribution in [0.5, 0.6) is 0 Å². The van der Waals surface area contributed by atoms with Gasteiger partial charge in [0.05, 0.1) is 30.5 Å². The molecule has 0 aliphatic carbocycles. The lowest BCUT2D eigenvalue weighted by Gasteiger charge is -2.25. The molecule has 0 spiro atoms. The minimum absolute atomic E-state index is 0.0246. The molecule has 5 rings (SSSR count). The van der Waals surface area contributed by atoms with E-state index in [1.807, 2.05) is 0 Å². The van der Waals surface area contributed by atoms with E-state index in [1.54, 1.807) is 30.5 Å². The van der Waals surface area contributed by atoms with Crippen molar-refractivity contribution in [1.29, 1.82) is 0 Å². The summed E-state index contributed by atoms with van der Waals surface area (Å²) in [4.78, 5) is 39.2. The van der Waals surface area contributed by atoms with Gasteiger partial charge >= 0.3 is 0 Å². The number of nitrogens with zero attached hydrogens (tertiary/aromatic N) is 5.